The summed E-state index contributed by atoms with van der Waals surface area (Å²) in [6, 6.07) is 18.7. The molecule has 2 aromatic rings. The third kappa shape index (κ3) is 16.7. The summed E-state index contributed by atoms with van der Waals surface area (Å²) in [6.07, 6.45) is 0. The SMILES string of the molecule is C=C(C)C(=O)O.C=C(C)C(=O)OCC.NC(N)=O.NC(c1ccccc1)C(N)c1ccccc1. The van der Waals surface area contributed by atoms with Gasteiger partial charge < -0.3 is 32.8 Å². The van der Waals surface area contributed by atoms with E-state index in [1.807, 2.05) is 60.7 Å². The van der Waals surface area contributed by atoms with Crippen molar-refractivity contribution in [3.05, 3.63) is 96.1 Å². The number of urea groups is 1. The number of rotatable bonds is 6. The maximum atomic E-state index is 10.4. The highest BCUT2D eigenvalue weighted by Crippen LogP contribution is 2.23. The van der Waals surface area contributed by atoms with Crippen LogP contribution in [0.15, 0.2) is 85.0 Å². The molecule has 0 aliphatic carbocycles. The molecule has 0 radical (unpaired) electrons. The molecule has 0 aromatic heterocycles. The summed E-state index contributed by atoms with van der Waals surface area (Å²) in [6.45, 7) is 11.8. The van der Waals surface area contributed by atoms with Gasteiger partial charge in [-0.3, -0.25) is 0 Å². The Kier molecular flexibility index (Phi) is 17.6. The fraction of sp³-hybridized carbons (Fsp3) is 0.240. The van der Waals surface area contributed by atoms with Gasteiger partial charge in [-0.1, -0.05) is 73.8 Å². The van der Waals surface area contributed by atoms with E-state index < -0.39 is 12.0 Å². The fourth-order valence-corrected chi connectivity index (χ4v) is 2.02. The van der Waals surface area contributed by atoms with Gasteiger partial charge in [0.1, 0.15) is 0 Å². The number of nitrogens with two attached hydrogens (primary N) is 4. The molecule has 0 bridgehead atoms. The molecule has 9 nitrogen and oxygen atoms in total. The van der Waals surface area contributed by atoms with Crippen molar-refractivity contribution in [2.24, 2.45) is 22.9 Å². The lowest BCUT2D eigenvalue weighted by molar-refractivity contribution is -0.138. The number of carbonyl (C=O) groups is 3. The molecule has 0 saturated carbocycles. The highest BCUT2D eigenvalue weighted by molar-refractivity contribution is 5.86. The number of ether oxygens (including phenoxy) is 1. The first-order valence-electron chi connectivity index (χ1n) is 10.2. The number of carboxylic acid groups (broad SMARTS) is 1. The molecule has 0 aliphatic rings. The summed E-state index contributed by atoms with van der Waals surface area (Å²) >= 11 is 0. The molecule has 0 saturated heterocycles. The van der Waals surface area contributed by atoms with E-state index in [2.05, 4.69) is 29.4 Å². The second kappa shape index (κ2) is 18.6. The molecule has 0 spiro atoms. The normalized spacial score (nSPS) is 10.7. The van der Waals surface area contributed by atoms with Gasteiger partial charge in [-0.2, -0.15) is 0 Å². The molecular weight excluding hydrogens is 436 g/mol. The van der Waals surface area contributed by atoms with Crippen LogP contribution in [-0.2, 0) is 14.3 Å². The highest BCUT2D eigenvalue weighted by Gasteiger charge is 2.16. The maximum Gasteiger partial charge on any atom is 0.333 e. The Hall–Kier alpha value is -3.95. The number of carboxylic acids is 1. The quantitative estimate of drug-likeness (QED) is 0.315. The maximum absolute atomic E-state index is 10.4. The van der Waals surface area contributed by atoms with E-state index >= 15 is 0 Å². The number of carbonyl (C=O) groups excluding carboxylic acids is 2. The van der Waals surface area contributed by atoms with Crippen molar-refractivity contribution in [1.82, 2.24) is 0 Å². The van der Waals surface area contributed by atoms with Crippen molar-refractivity contribution in [2.45, 2.75) is 32.9 Å². The summed E-state index contributed by atoms with van der Waals surface area (Å²) in [5, 5.41) is 7.89. The minimum absolute atomic E-state index is 0.163. The molecule has 2 unspecified atom stereocenters. The van der Waals surface area contributed by atoms with Gasteiger partial charge >= 0.3 is 18.0 Å². The Morgan fingerprint density at radius 3 is 1.29 bits per heavy atom. The zero-order chi connectivity index (χ0) is 26.7. The zero-order valence-electron chi connectivity index (χ0n) is 19.9. The first-order valence-corrected chi connectivity index (χ1v) is 10.2. The Balaban J connectivity index is 0. The summed E-state index contributed by atoms with van der Waals surface area (Å²) < 4.78 is 4.56. The third-order valence-electron chi connectivity index (χ3n) is 3.74. The number of esters is 1. The van der Waals surface area contributed by atoms with Gasteiger partial charge in [0.15, 0.2) is 0 Å². The number of benzene rings is 2. The van der Waals surface area contributed by atoms with Crippen LogP contribution in [0, 0.1) is 0 Å². The predicted octanol–water partition coefficient (Wildman–Crippen LogP) is 3.18. The second-order valence-corrected chi connectivity index (χ2v) is 6.86. The molecule has 2 aromatic carbocycles. The minimum atomic E-state index is -0.935. The molecule has 0 fully saturated rings. The van der Waals surface area contributed by atoms with Crippen LogP contribution >= 0.6 is 0 Å². The fourth-order valence-electron chi connectivity index (χ4n) is 2.02. The molecule has 0 heterocycles. The van der Waals surface area contributed by atoms with Crippen LogP contribution < -0.4 is 22.9 Å². The lowest BCUT2D eigenvalue weighted by Crippen LogP contribution is -2.26. The Labute approximate surface area is 201 Å². The zero-order valence-corrected chi connectivity index (χ0v) is 19.9. The Morgan fingerprint density at radius 2 is 1.12 bits per heavy atom. The first-order chi connectivity index (χ1) is 15.8. The highest BCUT2D eigenvalue weighted by atomic mass is 16.5. The number of primary amides is 2. The van der Waals surface area contributed by atoms with Gasteiger partial charge in [-0.25, -0.2) is 14.4 Å². The van der Waals surface area contributed by atoms with Gasteiger partial charge in [0, 0.05) is 23.2 Å². The lowest BCUT2D eigenvalue weighted by atomic mass is 9.95. The first kappa shape index (κ1) is 32.2. The van der Waals surface area contributed by atoms with Crippen molar-refractivity contribution in [3.8, 4) is 0 Å². The van der Waals surface area contributed by atoms with Gasteiger partial charge in [0.2, 0.25) is 0 Å². The molecule has 9 heteroatoms. The van der Waals surface area contributed by atoms with Gasteiger partial charge in [-0.15, -0.1) is 0 Å². The van der Waals surface area contributed by atoms with E-state index in [9.17, 15) is 9.59 Å². The van der Waals surface area contributed by atoms with Crippen molar-refractivity contribution in [1.29, 1.82) is 0 Å². The monoisotopic (exact) mass is 472 g/mol. The van der Waals surface area contributed by atoms with Crippen molar-refractivity contribution < 1.29 is 24.2 Å². The van der Waals surface area contributed by atoms with Crippen LogP contribution in [0.1, 0.15) is 44.0 Å². The molecule has 34 heavy (non-hydrogen) atoms. The van der Waals surface area contributed by atoms with Crippen LogP contribution in [0.3, 0.4) is 0 Å². The third-order valence-corrected chi connectivity index (χ3v) is 3.74. The van der Waals surface area contributed by atoms with E-state index in [1.54, 1.807) is 13.8 Å². The molecule has 2 amide bonds. The van der Waals surface area contributed by atoms with Crippen molar-refractivity contribution in [2.75, 3.05) is 6.61 Å². The van der Waals surface area contributed by atoms with Crippen LogP contribution in [0.5, 0.6) is 0 Å². The molecule has 0 aliphatic heterocycles. The average molecular weight is 473 g/mol. The standard InChI is InChI=1S/C14H16N2.C6H10O2.C4H6O2.CH4N2O/c15-13(11-7-3-1-4-8-11)14(16)12-9-5-2-6-10-12;1-4-8-6(7)5(2)3;1-3(2)4(5)6;2-1(3)4/h1-10,13-14H,15-16H2;2,4H2,1,3H3;1H2,2H3,(H,5,6);(H4,2,3,4). The molecular formula is C25H36N4O5. The molecule has 9 N–H and O–H groups in total. The predicted molar refractivity (Wildman–Crippen MR) is 134 cm³/mol. The van der Waals surface area contributed by atoms with Crippen molar-refractivity contribution >= 4 is 18.0 Å². The van der Waals surface area contributed by atoms with Gasteiger partial charge in [-0.05, 0) is 31.9 Å². The summed E-state index contributed by atoms with van der Waals surface area (Å²) in [7, 11) is 0. The molecule has 2 rings (SSSR count). The number of aliphatic carboxylic acids is 1. The van der Waals surface area contributed by atoms with E-state index in [4.69, 9.17) is 21.4 Å². The largest absolute Gasteiger partial charge is 0.478 e. The van der Waals surface area contributed by atoms with E-state index in [-0.39, 0.29) is 23.6 Å². The van der Waals surface area contributed by atoms with Gasteiger partial charge in [0.05, 0.1) is 6.61 Å². The van der Waals surface area contributed by atoms with E-state index in [0.29, 0.717) is 12.2 Å². The molecule has 186 valence electrons. The Bertz CT molecular complexity index is 843. The van der Waals surface area contributed by atoms with Crippen LogP contribution in [0.25, 0.3) is 0 Å². The minimum Gasteiger partial charge on any atom is -0.478 e. The Morgan fingerprint density at radius 1 is 0.824 bits per heavy atom. The number of hydrogen-bond donors (Lipinski definition) is 5. The van der Waals surface area contributed by atoms with Crippen LogP contribution in [0.4, 0.5) is 4.79 Å². The van der Waals surface area contributed by atoms with Gasteiger partial charge in [0.25, 0.3) is 0 Å². The van der Waals surface area contributed by atoms with Crippen LogP contribution in [-0.4, -0.2) is 29.7 Å². The molecule has 2 atom stereocenters. The summed E-state index contributed by atoms with van der Waals surface area (Å²) in [4.78, 5) is 29.0. The summed E-state index contributed by atoms with van der Waals surface area (Å²) in [5.74, 6) is -1.25. The average Bonchev–Trinajstić information content (AvgIpc) is 2.79. The van der Waals surface area contributed by atoms with E-state index in [0.717, 1.165) is 11.1 Å². The van der Waals surface area contributed by atoms with Crippen molar-refractivity contribution in [3.63, 3.8) is 0 Å². The smallest absolute Gasteiger partial charge is 0.333 e. The lowest BCUT2D eigenvalue weighted by Gasteiger charge is -2.20. The summed E-state index contributed by atoms with van der Waals surface area (Å²) in [5.41, 5.74) is 23.6. The second-order valence-electron chi connectivity index (χ2n) is 6.86. The number of hydrogen-bond acceptors (Lipinski definition) is 6. The number of amides is 2. The van der Waals surface area contributed by atoms with Crippen LogP contribution in [0.2, 0.25) is 0 Å². The van der Waals surface area contributed by atoms with E-state index in [1.165, 1.54) is 6.92 Å². The topological polar surface area (TPSA) is 185 Å².